The number of hydrogen-bond acceptors (Lipinski definition) is 8. The number of carbonyl (C=O) groups is 2. The van der Waals surface area contributed by atoms with Crippen LogP contribution in [-0.4, -0.2) is 49.3 Å². The zero-order valence-corrected chi connectivity index (χ0v) is 38.2. The van der Waals surface area contributed by atoms with Gasteiger partial charge in [-0.3, -0.25) is 18.6 Å². The van der Waals surface area contributed by atoms with Gasteiger partial charge in [-0.1, -0.05) is 206 Å². The Morgan fingerprint density at radius 3 is 1.25 bits per heavy atom. The Hall–Kier alpha value is -1.25. The van der Waals surface area contributed by atoms with Crippen molar-refractivity contribution in [1.82, 2.24) is 0 Å². The van der Waals surface area contributed by atoms with Crippen LogP contribution in [0.15, 0.2) is 12.2 Å². The zero-order valence-electron chi connectivity index (χ0n) is 37.3. The quantitative estimate of drug-likeness (QED) is 0.0266. The highest BCUT2D eigenvalue weighted by Crippen LogP contribution is 2.43. The molecule has 338 valence electrons. The summed E-state index contributed by atoms with van der Waals surface area (Å²) < 4.78 is 32.9. The third kappa shape index (κ3) is 44.1. The number of unbranched alkanes of at least 4 members (excludes halogenated alkanes) is 31. The lowest BCUT2D eigenvalue weighted by atomic mass is 10.0. The second-order valence-electron chi connectivity index (χ2n) is 16.3. The zero-order chi connectivity index (χ0) is 41.8. The smallest absolute Gasteiger partial charge is 0.462 e. The van der Waals surface area contributed by atoms with Crippen LogP contribution in [-0.2, 0) is 32.7 Å². The van der Waals surface area contributed by atoms with Crippen LogP contribution in [0, 0.1) is 0 Å². The summed E-state index contributed by atoms with van der Waals surface area (Å²) in [5, 5.41) is 0. The number of allylic oxidation sites excluding steroid dienone is 2. The van der Waals surface area contributed by atoms with Crippen LogP contribution in [0.25, 0.3) is 0 Å². The molecule has 0 aromatic carbocycles. The molecule has 0 aliphatic heterocycles. The largest absolute Gasteiger partial charge is 0.472 e. The fraction of sp³-hybridized carbons (Fsp3) is 0.915. The van der Waals surface area contributed by atoms with Gasteiger partial charge in [0.2, 0.25) is 0 Å². The molecule has 1 unspecified atom stereocenters. The van der Waals surface area contributed by atoms with Gasteiger partial charge in [0.05, 0.1) is 13.2 Å². The van der Waals surface area contributed by atoms with E-state index in [0.717, 1.165) is 32.1 Å². The van der Waals surface area contributed by atoms with E-state index in [0.29, 0.717) is 6.42 Å². The molecule has 9 nitrogen and oxygen atoms in total. The Morgan fingerprint density at radius 1 is 0.509 bits per heavy atom. The summed E-state index contributed by atoms with van der Waals surface area (Å²) in [7, 11) is -4.37. The highest BCUT2D eigenvalue weighted by atomic mass is 31.2. The molecule has 0 saturated heterocycles. The van der Waals surface area contributed by atoms with Gasteiger partial charge < -0.3 is 20.1 Å². The molecule has 0 radical (unpaired) electrons. The lowest BCUT2D eigenvalue weighted by Crippen LogP contribution is -2.29. The second-order valence-corrected chi connectivity index (χ2v) is 17.8. The van der Waals surface area contributed by atoms with Crippen molar-refractivity contribution in [2.75, 3.05) is 26.4 Å². The van der Waals surface area contributed by atoms with E-state index in [9.17, 15) is 19.0 Å². The fourth-order valence-corrected chi connectivity index (χ4v) is 7.81. The predicted molar refractivity (Wildman–Crippen MR) is 238 cm³/mol. The molecule has 0 aliphatic carbocycles. The van der Waals surface area contributed by atoms with E-state index in [1.807, 2.05) is 0 Å². The van der Waals surface area contributed by atoms with Crippen LogP contribution in [0.3, 0.4) is 0 Å². The van der Waals surface area contributed by atoms with Gasteiger partial charge in [-0.25, -0.2) is 4.57 Å². The van der Waals surface area contributed by atoms with E-state index in [4.69, 9.17) is 24.3 Å². The first-order valence-corrected chi connectivity index (χ1v) is 25.7. The van der Waals surface area contributed by atoms with Crippen molar-refractivity contribution < 1.29 is 37.6 Å². The average molecular weight is 830 g/mol. The summed E-state index contributed by atoms with van der Waals surface area (Å²) in [5.74, 6) is -0.816. The first-order chi connectivity index (χ1) is 27.8. The van der Waals surface area contributed by atoms with E-state index in [2.05, 4.69) is 26.0 Å². The number of esters is 2. The van der Waals surface area contributed by atoms with Crippen molar-refractivity contribution in [2.24, 2.45) is 5.73 Å². The molecule has 0 fully saturated rings. The van der Waals surface area contributed by atoms with Gasteiger partial charge in [0.1, 0.15) is 6.61 Å². The SMILES string of the molecule is CCCCCCCC/C=C\CCCCCCCCCCCC(=O)OC[C@H](COP(=O)(O)OCCN)OC(=O)CCCCCCCCCCCCCCCCCCC. The summed E-state index contributed by atoms with van der Waals surface area (Å²) in [6.07, 6.45) is 46.7. The van der Waals surface area contributed by atoms with E-state index in [1.165, 1.54) is 180 Å². The maximum absolute atomic E-state index is 12.6. The van der Waals surface area contributed by atoms with E-state index >= 15 is 0 Å². The Balaban J connectivity index is 4.05. The molecule has 0 amide bonds. The molecular formula is C47H92NO8P. The highest BCUT2D eigenvalue weighted by Gasteiger charge is 2.26. The van der Waals surface area contributed by atoms with Crippen molar-refractivity contribution in [3.8, 4) is 0 Å². The van der Waals surface area contributed by atoms with Crippen molar-refractivity contribution in [2.45, 2.75) is 251 Å². The number of hydrogen-bond donors (Lipinski definition) is 2. The van der Waals surface area contributed by atoms with Crippen LogP contribution in [0.2, 0.25) is 0 Å². The number of nitrogens with two attached hydrogens (primary N) is 1. The van der Waals surface area contributed by atoms with Crippen molar-refractivity contribution in [3.05, 3.63) is 12.2 Å². The third-order valence-electron chi connectivity index (χ3n) is 10.7. The molecule has 0 bridgehead atoms. The molecule has 0 spiro atoms. The lowest BCUT2D eigenvalue weighted by molar-refractivity contribution is -0.161. The molecule has 0 aliphatic rings. The van der Waals surface area contributed by atoms with Crippen LogP contribution >= 0.6 is 7.82 Å². The summed E-state index contributed by atoms with van der Waals surface area (Å²) in [6, 6.07) is 0. The molecular weight excluding hydrogens is 737 g/mol. The maximum Gasteiger partial charge on any atom is 0.472 e. The standard InChI is InChI=1S/C47H92NO8P/c1-3-5-7-9-11-13-15-17-19-21-22-24-25-27-29-31-33-35-37-39-46(49)53-43-45(44-55-57(51,52)54-42-41-48)56-47(50)40-38-36-34-32-30-28-26-23-20-18-16-14-12-10-8-6-4-2/h17,19,45H,3-16,18,20-44,48H2,1-2H3,(H,51,52)/b19-17-/t45-/m1/s1. The van der Waals surface area contributed by atoms with E-state index in [-0.39, 0.29) is 38.6 Å². The number of rotatable bonds is 46. The highest BCUT2D eigenvalue weighted by molar-refractivity contribution is 7.47. The average Bonchev–Trinajstić information content (AvgIpc) is 3.20. The summed E-state index contributed by atoms with van der Waals surface area (Å²) in [4.78, 5) is 35.0. The number of phosphoric ester groups is 1. The van der Waals surface area contributed by atoms with E-state index in [1.54, 1.807) is 0 Å². The molecule has 3 N–H and O–H groups in total. The molecule has 2 atom stereocenters. The molecule has 0 saturated carbocycles. The molecule has 0 aromatic heterocycles. The maximum atomic E-state index is 12.6. The van der Waals surface area contributed by atoms with Gasteiger partial charge in [0, 0.05) is 19.4 Å². The van der Waals surface area contributed by atoms with Gasteiger partial charge in [0.25, 0.3) is 0 Å². The Bertz CT molecular complexity index is 948. The van der Waals surface area contributed by atoms with E-state index < -0.39 is 26.5 Å². The Morgan fingerprint density at radius 2 is 0.860 bits per heavy atom. The van der Waals surface area contributed by atoms with Crippen LogP contribution in [0.4, 0.5) is 0 Å². The second kappa shape index (κ2) is 44.3. The van der Waals surface area contributed by atoms with Gasteiger partial charge in [0.15, 0.2) is 6.10 Å². The first-order valence-electron chi connectivity index (χ1n) is 24.2. The van der Waals surface area contributed by atoms with Crippen LogP contribution < -0.4 is 5.73 Å². The molecule has 0 heterocycles. The summed E-state index contributed by atoms with van der Waals surface area (Å²) in [5.41, 5.74) is 5.36. The van der Waals surface area contributed by atoms with Gasteiger partial charge in [-0.05, 0) is 38.5 Å². The minimum absolute atomic E-state index is 0.0563. The van der Waals surface area contributed by atoms with Crippen LogP contribution in [0.5, 0.6) is 0 Å². The normalized spacial score (nSPS) is 13.3. The van der Waals surface area contributed by atoms with Gasteiger partial charge in [-0.2, -0.15) is 0 Å². The molecule has 0 rings (SSSR count). The molecule has 0 aromatic rings. The van der Waals surface area contributed by atoms with Crippen molar-refractivity contribution in [3.63, 3.8) is 0 Å². The predicted octanol–water partition coefficient (Wildman–Crippen LogP) is 14.2. The molecule has 10 heteroatoms. The first kappa shape index (κ1) is 55.8. The Kier molecular flexibility index (Phi) is 43.3. The number of carbonyl (C=O) groups excluding carboxylic acids is 2. The number of phosphoric acid groups is 1. The minimum Gasteiger partial charge on any atom is -0.462 e. The monoisotopic (exact) mass is 830 g/mol. The fourth-order valence-electron chi connectivity index (χ4n) is 7.04. The topological polar surface area (TPSA) is 134 Å². The van der Waals surface area contributed by atoms with Gasteiger partial charge in [-0.15, -0.1) is 0 Å². The third-order valence-corrected chi connectivity index (χ3v) is 11.6. The summed E-state index contributed by atoms with van der Waals surface area (Å²) >= 11 is 0. The number of ether oxygens (including phenoxy) is 2. The van der Waals surface area contributed by atoms with Crippen LogP contribution in [0.1, 0.15) is 245 Å². The van der Waals surface area contributed by atoms with Gasteiger partial charge >= 0.3 is 19.8 Å². The Labute approximate surface area is 351 Å². The summed E-state index contributed by atoms with van der Waals surface area (Å²) in [6.45, 7) is 3.77. The molecule has 57 heavy (non-hydrogen) atoms. The van der Waals surface area contributed by atoms with Crippen molar-refractivity contribution in [1.29, 1.82) is 0 Å². The lowest BCUT2D eigenvalue weighted by Gasteiger charge is -2.19. The van der Waals surface area contributed by atoms with Crippen molar-refractivity contribution >= 4 is 19.8 Å². The minimum atomic E-state index is -4.37.